The number of anilines is 2. The van der Waals surface area contributed by atoms with Gasteiger partial charge in [-0.25, -0.2) is 9.97 Å². The summed E-state index contributed by atoms with van der Waals surface area (Å²) in [5.74, 6) is 2.52. The number of likely N-dealkylation sites (N-methyl/N-ethyl adjacent to an activating group) is 1. The lowest BCUT2D eigenvalue weighted by Gasteiger charge is -2.32. The number of rotatable bonds is 5. The van der Waals surface area contributed by atoms with E-state index in [9.17, 15) is 0 Å². The molecule has 1 fully saturated rings. The topological polar surface area (TPSA) is 53.1 Å². The van der Waals surface area contributed by atoms with Crippen LogP contribution in [0.4, 0.5) is 11.6 Å². The van der Waals surface area contributed by atoms with Gasteiger partial charge in [0, 0.05) is 32.2 Å². The van der Waals surface area contributed by atoms with Gasteiger partial charge in [0.15, 0.2) is 0 Å². The summed E-state index contributed by atoms with van der Waals surface area (Å²) >= 11 is 0. The van der Waals surface area contributed by atoms with E-state index in [1.54, 1.807) is 6.33 Å². The predicted octanol–water partition coefficient (Wildman–Crippen LogP) is 1.73. The third-order valence-electron chi connectivity index (χ3n) is 3.52. The zero-order valence-corrected chi connectivity index (χ0v) is 12.2. The minimum absolute atomic E-state index is 0.529. The molecule has 1 aliphatic rings. The highest BCUT2D eigenvalue weighted by Crippen LogP contribution is 2.18. The molecule has 1 unspecified atom stereocenters. The molecule has 0 saturated carbocycles. The average Bonchev–Trinajstić information content (AvgIpc) is 2.45. The van der Waals surface area contributed by atoms with E-state index in [1.165, 1.54) is 12.8 Å². The molecule has 0 bridgehead atoms. The van der Waals surface area contributed by atoms with Crippen LogP contribution in [0.1, 0.15) is 26.7 Å². The van der Waals surface area contributed by atoms with Crippen molar-refractivity contribution in [2.24, 2.45) is 5.92 Å². The summed E-state index contributed by atoms with van der Waals surface area (Å²) in [5, 5.41) is 6.79. The van der Waals surface area contributed by atoms with Crippen LogP contribution in [-0.2, 0) is 0 Å². The van der Waals surface area contributed by atoms with E-state index in [0.717, 1.165) is 31.3 Å². The van der Waals surface area contributed by atoms with Gasteiger partial charge in [-0.05, 0) is 25.3 Å². The first-order chi connectivity index (χ1) is 9.16. The normalized spacial score (nSPS) is 19.5. The van der Waals surface area contributed by atoms with Gasteiger partial charge in [-0.15, -0.1) is 0 Å². The SMILES string of the molecule is CC(C)CNc1cc(N(C)C2CCCNC2)ncn1. The highest BCUT2D eigenvalue weighted by molar-refractivity contribution is 5.48. The van der Waals surface area contributed by atoms with E-state index in [4.69, 9.17) is 0 Å². The Balaban J connectivity index is 2.00. The number of nitrogens with one attached hydrogen (secondary N) is 2. The smallest absolute Gasteiger partial charge is 0.134 e. The molecule has 1 atom stereocenters. The quantitative estimate of drug-likeness (QED) is 0.847. The third kappa shape index (κ3) is 4.06. The molecule has 5 nitrogen and oxygen atoms in total. The zero-order chi connectivity index (χ0) is 13.7. The summed E-state index contributed by atoms with van der Waals surface area (Å²) < 4.78 is 0. The third-order valence-corrected chi connectivity index (χ3v) is 3.52. The van der Waals surface area contributed by atoms with Crippen molar-refractivity contribution in [1.82, 2.24) is 15.3 Å². The summed E-state index contributed by atoms with van der Waals surface area (Å²) in [5.41, 5.74) is 0. The molecule has 106 valence electrons. The van der Waals surface area contributed by atoms with Gasteiger partial charge >= 0.3 is 0 Å². The number of piperidine rings is 1. The molecular weight excluding hydrogens is 238 g/mol. The van der Waals surface area contributed by atoms with E-state index >= 15 is 0 Å². The monoisotopic (exact) mass is 263 g/mol. The lowest BCUT2D eigenvalue weighted by atomic mass is 10.1. The number of hydrogen-bond donors (Lipinski definition) is 2. The molecule has 1 aromatic heterocycles. The predicted molar refractivity (Wildman–Crippen MR) is 79.7 cm³/mol. The maximum atomic E-state index is 4.39. The fraction of sp³-hybridized carbons (Fsp3) is 0.714. The Bertz CT molecular complexity index is 387. The summed E-state index contributed by atoms with van der Waals surface area (Å²) in [6.07, 6.45) is 4.10. The summed E-state index contributed by atoms with van der Waals surface area (Å²) in [4.78, 5) is 10.9. The molecule has 19 heavy (non-hydrogen) atoms. The second kappa shape index (κ2) is 6.70. The molecule has 5 heteroatoms. The maximum absolute atomic E-state index is 4.39. The van der Waals surface area contributed by atoms with Crippen LogP contribution in [0.25, 0.3) is 0 Å². The summed E-state index contributed by atoms with van der Waals surface area (Å²) in [6, 6.07) is 2.57. The van der Waals surface area contributed by atoms with Gasteiger partial charge in [0.1, 0.15) is 18.0 Å². The number of hydrogen-bond acceptors (Lipinski definition) is 5. The van der Waals surface area contributed by atoms with Crippen LogP contribution < -0.4 is 15.5 Å². The molecule has 1 saturated heterocycles. The standard InChI is InChI=1S/C14H25N5/c1-11(2)8-16-13-7-14(18-10-17-13)19(3)12-5-4-6-15-9-12/h7,10-12,15H,4-6,8-9H2,1-3H3,(H,16,17,18). The largest absolute Gasteiger partial charge is 0.370 e. The maximum Gasteiger partial charge on any atom is 0.134 e. The molecular formula is C14H25N5. The molecule has 0 aromatic carbocycles. The van der Waals surface area contributed by atoms with E-state index < -0.39 is 0 Å². The van der Waals surface area contributed by atoms with E-state index in [-0.39, 0.29) is 0 Å². The zero-order valence-electron chi connectivity index (χ0n) is 12.2. The number of nitrogens with zero attached hydrogens (tertiary/aromatic N) is 3. The Morgan fingerprint density at radius 3 is 3.00 bits per heavy atom. The Morgan fingerprint density at radius 2 is 2.32 bits per heavy atom. The first-order valence-corrected chi connectivity index (χ1v) is 7.16. The van der Waals surface area contributed by atoms with Crippen LogP contribution in [0.2, 0.25) is 0 Å². The van der Waals surface area contributed by atoms with Gasteiger partial charge in [0.25, 0.3) is 0 Å². The van der Waals surface area contributed by atoms with Gasteiger partial charge in [-0.2, -0.15) is 0 Å². The van der Waals surface area contributed by atoms with Crippen molar-refractivity contribution >= 4 is 11.6 Å². The number of aromatic nitrogens is 2. The Morgan fingerprint density at radius 1 is 1.47 bits per heavy atom. The van der Waals surface area contributed by atoms with Gasteiger partial charge in [0.05, 0.1) is 0 Å². The van der Waals surface area contributed by atoms with Crippen molar-refractivity contribution in [1.29, 1.82) is 0 Å². The molecule has 1 aromatic rings. The molecule has 0 spiro atoms. The van der Waals surface area contributed by atoms with Gasteiger partial charge in [-0.1, -0.05) is 13.8 Å². The lowest BCUT2D eigenvalue weighted by molar-refractivity contribution is 0.443. The molecule has 0 amide bonds. The second-order valence-electron chi connectivity index (χ2n) is 5.65. The molecule has 1 aliphatic heterocycles. The highest BCUT2D eigenvalue weighted by Gasteiger charge is 2.19. The average molecular weight is 263 g/mol. The van der Waals surface area contributed by atoms with Crippen molar-refractivity contribution in [3.63, 3.8) is 0 Å². The molecule has 0 radical (unpaired) electrons. The fourth-order valence-electron chi connectivity index (χ4n) is 2.30. The van der Waals surface area contributed by atoms with Crippen LogP contribution in [0.5, 0.6) is 0 Å². The van der Waals surface area contributed by atoms with Crippen molar-refractivity contribution in [2.45, 2.75) is 32.7 Å². The van der Waals surface area contributed by atoms with Crippen molar-refractivity contribution in [2.75, 3.05) is 36.9 Å². The minimum Gasteiger partial charge on any atom is -0.370 e. The van der Waals surface area contributed by atoms with E-state index in [2.05, 4.69) is 46.4 Å². The Kier molecular flexibility index (Phi) is 4.96. The van der Waals surface area contributed by atoms with Crippen molar-refractivity contribution < 1.29 is 0 Å². The second-order valence-corrected chi connectivity index (χ2v) is 5.65. The van der Waals surface area contributed by atoms with Crippen molar-refractivity contribution in [3.05, 3.63) is 12.4 Å². The van der Waals surface area contributed by atoms with Crippen molar-refractivity contribution in [3.8, 4) is 0 Å². The van der Waals surface area contributed by atoms with Gasteiger partial charge < -0.3 is 15.5 Å². The lowest BCUT2D eigenvalue weighted by Crippen LogP contribution is -2.44. The first-order valence-electron chi connectivity index (χ1n) is 7.16. The van der Waals surface area contributed by atoms with Crippen LogP contribution >= 0.6 is 0 Å². The van der Waals surface area contributed by atoms with Crippen LogP contribution in [0.15, 0.2) is 12.4 Å². The highest BCUT2D eigenvalue weighted by atomic mass is 15.2. The van der Waals surface area contributed by atoms with Crippen LogP contribution in [0.3, 0.4) is 0 Å². The van der Waals surface area contributed by atoms with Gasteiger partial charge in [-0.3, -0.25) is 0 Å². The Hall–Kier alpha value is -1.36. The minimum atomic E-state index is 0.529. The first kappa shape index (κ1) is 14.1. The molecule has 2 N–H and O–H groups in total. The van der Waals surface area contributed by atoms with E-state index in [1.807, 2.05) is 6.07 Å². The summed E-state index contributed by atoms with van der Waals surface area (Å²) in [7, 11) is 2.12. The molecule has 2 heterocycles. The summed E-state index contributed by atoms with van der Waals surface area (Å²) in [6.45, 7) is 7.49. The fourth-order valence-corrected chi connectivity index (χ4v) is 2.30. The molecule has 2 rings (SSSR count). The molecule has 0 aliphatic carbocycles. The van der Waals surface area contributed by atoms with Gasteiger partial charge in [0.2, 0.25) is 0 Å². The Labute approximate surface area is 115 Å². The van der Waals surface area contributed by atoms with Crippen LogP contribution in [-0.4, -0.2) is 42.7 Å². The van der Waals surface area contributed by atoms with E-state index in [0.29, 0.717) is 12.0 Å². The van der Waals surface area contributed by atoms with Crippen LogP contribution in [0, 0.1) is 5.92 Å².